The molecule has 10 nitrogen and oxygen atoms in total. The van der Waals surface area contributed by atoms with E-state index in [9.17, 15) is 8.42 Å². The molecule has 0 saturated heterocycles. The molecule has 0 bridgehead atoms. The number of nitrogens with zero attached hydrogens (tertiary/aromatic N) is 5. The van der Waals surface area contributed by atoms with Gasteiger partial charge in [-0.25, -0.2) is 23.5 Å². The van der Waals surface area contributed by atoms with Crippen LogP contribution >= 0.6 is 0 Å². The largest absolute Gasteiger partial charge is 0.336 e. The summed E-state index contributed by atoms with van der Waals surface area (Å²) in [5.41, 5.74) is 2.50. The molecule has 0 aliphatic heterocycles. The summed E-state index contributed by atoms with van der Waals surface area (Å²) in [7, 11) is -3.83. The van der Waals surface area contributed by atoms with Crippen molar-refractivity contribution in [3.8, 4) is 11.4 Å². The Kier molecular flexibility index (Phi) is 4.32. The molecule has 4 aromatic rings. The van der Waals surface area contributed by atoms with Gasteiger partial charge >= 0.3 is 0 Å². The molecule has 0 aliphatic carbocycles. The first-order chi connectivity index (χ1) is 13.3. The molecule has 0 radical (unpaired) electrons. The van der Waals surface area contributed by atoms with Gasteiger partial charge in [0.15, 0.2) is 11.6 Å². The van der Waals surface area contributed by atoms with Gasteiger partial charge in [0.25, 0.3) is 0 Å². The van der Waals surface area contributed by atoms with Crippen LogP contribution in [0.1, 0.15) is 19.9 Å². The number of rotatable bonds is 5. The Bertz CT molecular complexity index is 1260. The molecular formula is C17H18N8O2S. The molecule has 144 valence electrons. The molecule has 0 saturated carbocycles. The maximum Gasteiger partial charge on any atom is 0.238 e. The molecule has 28 heavy (non-hydrogen) atoms. The zero-order valence-corrected chi connectivity index (χ0v) is 16.0. The van der Waals surface area contributed by atoms with Gasteiger partial charge in [-0.15, -0.1) is 0 Å². The zero-order chi connectivity index (χ0) is 19.9. The van der Waals surface area contributed by atoms with Crippen molar-refractivity contribution >= 4 is 32.6 Å². The number of H-pyrrole nitrogens is 1. The average Bonchev–Trinajstić information content (AvgIpc) is 3.30. The third kappa shape index (κ3) is 3.44. The number of primary sulfonamides is 1. The van der Waals surface area contributed by atoms with Crippen LogP contribution in [0.15, 0.2) is 47.8 Å². The normalized spacial score (nSPS) is 12.0. The second-order valence-corrected chi connectivity index (χ2v) is 8.09. The van der Waals surface area contributed by atoms with Crippen molar-refractivity contribution in [1.82, 2.24) is 29.9 Å². The van der Waals surface area contributed by atoms with E-state index in [2.05, 4.69) is 30.6 Å². The lowest BCUT2D eigenvalue weighted by atomic mass is 10.2. The predicted octanol–water partition coefficient (Wildman–Crippen LogP) is 2.19. The molecule has 11 heteroatoms. The third-order valence-corrected chi connectivity index (χ3v) is 5.03. The molecule has 3 aromatic heterocycles. The minimum absolute atomic E-state index is 0.00592. The van der Waals surface area contributed by atoms with Crippen LogP contribution in [-0.4, -0.2) is 38.4 Å². The van der Waals surface area contributed by atoms with Gasteiger partial charge in [0.05, 0.1) is 23.0 Å². The summed E-state index contributed by atoms with van der Waals surface area (Å²) in [6.45, 7) is 4.07. The number of nitrogens with one attached hydrogen (secondary N) is 2. The number of aromatic amines is 1. The Morgan fingerprint density at radius 1 is 1.21 bits per heavy atom. The van der Waals surface area contributed by atoms with Crippen molar-refractivity contribution in [3.63, 3.8) is 0 Å². The monoisotopic (exact) mass is 398 g/mol. The molecule has 0 unspecified atom stereocenters. The fraction of sp³-hybridized carbons (Fsp3) is 0.176. The van der Waals surface area contributed by atoms with Gasteiger partial charge < -0.3 is 5.32 Å². The lowest BCUT2D eigenvalue weighted by Gasteiger charge is -2.08. The molecule has 3 heterocycles. The minimum Gasteiger partial charge on any atom is -0.336 e. The summed E-state index contributed by atoms with van der Waals surface area (Å²) in [5.74, 6) is 0.847. The Morgan fingerprint density at radius 2 is 2.04 bits per heavy atom. The first-order valence-corrected chi connectivity index (χ1v) is 10.0. The highest BCUT2D eigenvalue weighted by molar-refractivity contribution is 7.89. The van der Waals surface area contributed by atoms with Crippen molar-refractivity contribution in [2.45, 2.75) is 24.8 Å². The first-order valence-electron chi connectivity index (χ1n) is 8.47. The van der Waals surface area contributed by atoms with Crippen LogP contribution in [-0.2, 0) is 10.0 Å². The third-order valence-electron chi connectivity index (χ3n) is 4.11. The first kappa shape index (κ1) is 18.1. The lowest BCUT2D eigenvalue weighted by Crippen LogP contribution is -2.12. The number of benzene rings is 1. The van der Waals surface area contributed by atoms with Crippen LogP contribution in [0, 0.1) is 0 Å². The Balaban J connectivity index is 1.79. The van der Waals surface area contributed by atoms with Crippen LogP contribution in [0.25, 0.3) is 22.4 Å². The van der Waals surface area contributed by atoms with Crippen LogP contribution < -0.4 is 10.5 Å². The van der Waals surface area contributed by atoms with E-state index < -0.39 is 10.0 Å². The number of anilines is 2. The second-order valence-electron chi connectivity index (χ2n) is 6.53. The van der Waals surface area contributed by atoms with Gasteiger partial charge in [0.1, 0.15) is 11.0 Å². The van der Waals surface area contributed by atoms with Gasteiger partial charge in [-0.05, 0) is 26.0 Å². The standard InChI is InChI=1S/C17H18N8O2S/c1-10(2)25-9-12(7-20-25)21-17-15-14(8-19-24-15)22-16(23-17)11-4-3-5-13(6-11)28(18,26)27/h3-10H,1-2H3,(H,19,24)(H2,18,26,27)(H,21,22,23). The molecule has 0 spiro atoms. The quantitative estimate of drug-likeness (QED) is 0.467. The highest BCUT2D eigenvalue weighted by Crippen LogP contribution is 2.27. The average molecular weight is 398 g/mol. The molecular weight excluding hydrogens is 380 g/mol. The van der Waals surface area contributed by atoms with Crippen molar-refractivity contribution in [1.29, 1.82) is 0 Å². The molecule has 0 aliphatic rings. The van der Waals surface area contributed by atoms with Crippen molar-refractivity contribution in [2.75, 3.05) is 5.32 Å². The number of sulfonamides is 1. The molecule has 0 fully saturated rings. The molecule has 1 aromatic carbocycles. The lowest BCUT2D eigenvalue weighted by molar-refractivity contribution is 0.532. The van der Waals surface area contributed by atoms with Crippen molar-refractivity contribution < 1.29 is 8.42 Å². The van der Waals surface area contributed by atoms with E-state index in [0.717, 1.165) is 5.69 Å². The summed E-state index contributed by atoms with van der Waals surface area (Å²) in [6, 6.07) is 6.41. The molecule has 4 rings (SSSR count). The van der Waals surface area contributed by atoms with Crippen LogP contribution in [0.2, 0.25) is 0 Å². The van der Waals surface area contributed by atoms with Gasteiger partial charge in [-0.2, -0.15) is 10.2 Å². The minimum atomic E-state index is -3.83. The predicted molar refractivity (Wildman–Crippen MR) is 104 cm³/mol. The summed E-state index contributed by atoms with van der Waals surface area (Å²) in [5, 5.41) is 19.6. The summed E-state index contributed by atoms with van der Waals surface area (Å²) in [6.07, 6.45) is 5.15. The van der Waals surface area contributed by atoms with Crippen LogP contribution in [0.4, 0.5) is 11.5 Å². The highest BCUT2D eigenvalue weighted by atomic mass is 32.2. The van der Waals surface area contributed by atoms with E-state index >= 15 is 0 Å². The van der Waals surface area contributed by atoms with Crippen molar-refractivity contribution in [2.24, 2.45) is 5.14 Å². The Hall–Kier alpha value is -3.31. The number of hydrogen-bond donors (Lipinski definition) is 3. The molecule has 0 amide bonds. The zero-order valence-electron chi connectivity index (χ0n) is 15.2. The van der Waals surface area contributed by atoms with Gasteiger partial charge in [0.2, 0.25) is 10.0 Å². The number of hydrogen-bond acceptors (Lipinski definition) is 7. The highest BCUT2D eigenvalue weighted by Gasteiger charge is 2.15. The van der Waals surface area contributed by atoms with E-state index in [-0.39, 0.29) is 10.9 Å². The summed E-state index contributed by atoms with van der Waals surface area (Å²) in [4.78, 5) is 9.01. The van der Waals surface area contributed by atoms with Gasteiger partial charge in [-0.3, -0.25) is 9.78 Å². The van der Waals surface area contributed by atoms with Gasteiger partial charge in [0, 0.05) is 17.8 Å². The van der Waals surface area contributed by atoms with Gasteiger partial charge in [-0.1, -0.05) is 12.1 Å². The van der Waals surface area contributed by atoms with Crippen LogP contribution in [0.3, 0.4) is 0 Å². The fourth-order valence-corrected chi connectivity index (χ4v) is 3.25. The van der Waals surface area contributed by atoms with E-state index in [1.165, 1.54) is 12.1 Å². The van der Waals surface area contributed by atoms with E-state index in [1.54, 1.807) is 24.5 Å². The summed E-state index contributed by atoms with van der Waals surface area (Å²) >= 11 is 0. The maximum absolute atomic E-state index is 11.7. The smallest absolute Gasteiger partial charge is 0.238 e. The SMILES string of the molecule is CC(C)n1cc(Nc2nc(-c3cccc(S(N)(=O)=O)c3)nc3cn[nH]c23)cn1. The van der Waals surface area contributed by atoms with E-state index in [4.69, 9.17) is 5.14 Å². The Morgan fingerprint density at radius 3 is 2.75 bits per heavy atom. The fourth-order valence-electron chi connectivity index (χ4n) is 2.69. The van der Waals surface area contributed by atoms with Crippen molar-refractivity contribution in [3.05, 3.63) is 42.9 Å². The van der Waals surface area contributed by atoms with E-state index in [0.29, 0.717) is 28.2 Å². The maximum atomic E-state index is 11.7. The summed E-state index contributed by atoms with van der Waals surface area (Å²) < 4.78 is 25.1. The molecule has 4 N–H and O–H groups in total. The second kappa shape index (κ2) is 6.69. The number of aromatic nitrogens is 6. The number of nitrogens with two attached hydrogens (primary N) is 1. The van der Waals surface area contributed by atoms with E-state index in [1.807, 2.05) is 24.7 Å². The topological polar surface area (TPSA) is 144 Å². The molecule has 0 atom stereocenters. The Labute approximate surface area is 160 Å². The number of fused-ring (bicyclic) bond motifs is 1. The van der Waals surface area contributed by atoms with Crippen LogP contribution in [0.5, 0.6) is 0 Å².